The van der Waals surface area contributed by atoms with Crippen molar-refractivity contribution in [1.82, 2.24) is 0 Å². The van der Waals surface area contributed by atoms with Gasteiger partial charge in [0.05, 0.1) is 5.92 Å². The van der Waals surface area contributed by atoms with Crippen molar-refractivity contribution in [1.29, 1.82) is 0 Å². The zero-order valence-electron chi connectivity index (χ0n) is 5.96. The van der Waals surface area contributed by atoms with Crippen LogP contribution in [0.2, 0.25) is 0 Å². The smallest absolute Gasteiger partial charge is 0.171 e. The molecule has 54 valence electrons. The number of hydrogen-bond donors (Lipinski definition) is 0. The fourth-order valence-electron chi connectivity index (χ4n) is 0.509. The van der Waals surface area contributed by atoms with Gasteiger partial charge in [0.2, 0.25) is 0 Å². The molecule has 0 aliphatic carbocycles. The second-order valence-corrected chi connectivity index (χ2v) is 2.04. The predicted molar refractivity (Wildman–Crippen MR) is 39.6 cm³/mol. The molecule has 0 fully saturated rings. The zero-order valence-corrected chi connectivity index (χ0v) is 5.96. The summed E-state index contributed by atoms with van der Waals surface area (Å²) in [5.74, 6) is -0.970. The molecule has 0 aromatic rings. The summed E-state index contributed by atoms with van der Waals surface area (Å²) in [7, 11) is 0. The molecule has 1 unspecified atom stereocenters. The summed E-state index contributed by atoms with van der Waals surface area (Å²) >= 11 is 0. The standard InChI is InChI=1S/C8H10O2/c1-4-7(5-9)8(10)6(2)3/h4-5,7H,1-2H2,3H3. The lowest BCUT2D eigenvalue weighted by molar-refractivity contribution is -0.122. The van der Waals surface area contributed by atoms with Crippen LogP contribution in [-0.4, -0.2) is 12.1 Å². The van der Waals surface area contributed by atoms with E-state index in [1.54, 1.807) is 6.92 Å². The second-order valence-electron chi connectivity index (χ2n) is 2.04. The first-order valence-electron chi connectivity index (χ1n) is 2.91. The molecule has 0 heterocycles. The number of rotatable bonds is 4. The molecule has 0 bridgehead atoms. The minimum Gasteiger partial charge on any atom is -0.302 e. The van der Waals surface area contributed by atoms with Gasteiger partial charge in [0, 0.05) is 0 Å². The van der Waals surface area contributed by atoms with Crippen LogP contribution in [0.25, 0.3) is 0 Å². The maximum atomic E-state index is 10.9. The van der Waals surface area contributed by atoms with Crippen LogP contribution in [0, 0.1) is 5.92 Å². The summed E-state index contributed by atoms with van der Waals surface area (Å²) in [4.78, 5) is 21.1. The fourth-order valence-corrected chi connectivity index (χ4v) is 0.509. The van der Waals surface area contributed by atoms with Crippen molar-refractivity contribution in [3.63, 3.8) is 0 Å². The van der Waals surface area contributed by atoms with Crippen LogP contribution in [0.5, 0.6) is 0 Å². The normalized spacial score (nSPS) is 11.7. The van der Waals surface area contributed by atoms with Crippen LogP contribution in [0.4, 0.5) is 0 Å². The largest absolute Gasteiger partial charge is 0.302 e. The highest BCUT2D eigenvalue weighted by atomic mass is 16.1. The minimum atomic E-state index is -0.711. The molecule has 2 nitrogen and oxygen atoms in total. The van der Waals surface area contributed by atoms with Crippen molar-refractivity contribution < 1.29 is 9.59 Å². The quantitative estimate of drug-likeness (QED) is 0.252. The van der Waals surface area contributed by atoms with Crippen molar-refractivity contribution in [3.8, 4) is 0 Å². The van der Waals surface area contributed by atoms with Crippen LogP contribution >= 0.6 is 0 Å². The van der Waals surface area contributed by atoms with E-state index in [0.717, 1.165) is 0 Å². The Morgan fingerprint density at radius 1 is 1.60 bits per heavy atom. The van der Waals surface area contributed by atoms with E-state index in [2.05, 4.69) is 13.2 Å². The van der Waals surface area contributed by atoms with Gasteiger partial charge in [-0.15, -0.1) is 6.58 Å². The average molecular weight is 138 g/mol. The molecule has 0 aromatic heterocycles. The van der Waals surface area contributed by atoms with Crippen LogP contribution in [0.15, 0.2) is 24.8 Å². The first kappa shape index (κ1) is 8.82. The summed E-state index contributed by atoms with van der Waals surface area (Å²) in [6.45, 7) is 8.33. The van der Waals surface area contributed by atoms with Crippen LogP contribution in [-0.2, 0) is 9.59 Å². The zero-order chi connectivity index (χ0) is 8.15. The molecule has 1 atom stereocenters. The van der Waals surface area contributed by atoms with E-state index in [-0.39, 0.29) is 5.78 Å². The molecule has 0 spiro atoms. The SMILES string of the molecule is C=CC(C=O)C(=O)C(=C)C. The van der Waals surface area contributed by atoms with Gasteiger partial charge in [-0.1, -0.05) is 12.7 Å². The highest BCUT2D eigenvalue weighted by molar-refractivity contribution is 6.05. The highest BCUT2D eigenvalue weighted by Gasteiger charge is 2.12. The Kier molecular flexibility index (Phi) is 3.33. The maximum absolute atomic E-state index is 10.9. The molecule has 0 N–H and O–H groups in total. The first-order valence-corrected chi connectivity index (χ1v) is 2.91. The van der Waals surface area contributed by atoms with Gasteiger partial charge < -0.3 is 4.79 Å². The van der Waals surface area contributed by atoms with Gasteiger partial charge in [0.15, 0.2) is 5.78 Å². The molecule has 0 aliphatic rings. The van der Waals surface area contributed by atoms with Gasteiger partial charge in [-0.25, -0.2) is 0 Å². The van der Waals surface area contributed by atoms with Gasteiger partial charge >= 0.3 is 0 Å². The molecule has 0 saturated heterocycles. The second kappa shape index (κ2) is 3.77. The first-order chi connectivity index (χ1) is 4.63. The van der Waals surface area contributed by atoms with Crippen molar-refractivity contribution >= 4 is 12.1 Å². The summed E-state index contributed by atoms with van der Waals surface area (Å²) in [5, 5.41) is 0. The number of carbonyl (C=O) groups is 2. The van der Waals surface area contributed by atoms with E-state index in [9.17, 15) is 9.59 Å². The van der Waals surface area contributed by atoms with Crippen LogP contribution < -0.4 is 0 Å². The summed E-state index contributed by atoms with van der Waals surface area (Å²) in [5.41, 5.74) is 0.386. The number of ketones is 1. The lowest BCUT2D eigenvalue weighted by atomic mass is 10.0. The third-order valence-corrected chi connectivity index (χ3v) is 1.12. The summed E-state index contributed by atoms with van der Waals surface area (Å²) < 4.78 is 0. The number of hydrogen-bond acceptors (Lipinski definition) is 2. The molecule has 0 radical (unpaired) electrons. The van der Waals surface area contributed by atoms with E-state index in [4.69, 9.17) is 0 Å². The van der Waals surface area contributed by atoms with Crippen molar-refractivity contribution in [3.05, 3.63) is 24.8 Å². The third-order valence-electron chi connectivity index (χ3n) is 1.12. The molecular weight excluding hydrogens is 128 g/mol. The molecular formula is C8H10O2. The Hall–Kier alpha value is -1.18. The van der Waals surface area contributed by atoms with Gasteiger partial charge in [0.25, 0.3) is 0 Å². The van der Waals surface area contributed by atoms with E-state index >= 15 is 0 Å². The maximum Gasteiger partial charge on any atom is 0.171 e. The van der Waals surface area contributed by atoms with E-state index in [1.165, 1.54) is 6.08 Å². The Labute approximate surface area is 60.2 Å². The van der Waals surface area contributed by atoms with Gasteiger partial charge in [0.1, 0.15) is 6.29 Å². The Morgan fingerprint density at radius 2 is 2.10 bits per heavy atom. The molecule has 0 aromatic carbocycles. The molecule has 0 aliphatic heterocycles. The molecule has 0 amide bonds. The van der Waals surface area contributed by atoms with Crippen LogP contribution in [0.3, 0.4) is 0 Å². The summed E-state index contributed by atoms with van der Waals surface area (Å²) in [6.07, 6.45) is 1.87. The Balaban J connectivity index is 4.29. The average Bonchev–Trinajstić information content (AvgIpc) is 1.90. The monoisotopic (exact) mass is 138 g/mol. The van der Waals surface area contributed by atoms with Gasteiger partial charge in [-0.2, -0.15) is 0 Å². The molecule has 10 heavy (non-hydrogen) atoms. The molecule has 0 saturated carbocycles. The van der Waals surface area contributed by atoms with Crippen LogP contribution in [0.1, 0.15) is 6.92 Å². The third kappa shape index (κ3) is 1.97. The lowest BCUT2D eigenvalue weighted by Gasteiger charge is -2.00. The van der Waals surface area contributed by atoms with E-state index in [1.807, 2.05) is 0 Å². The van der Waals surface area contributed by atoms with Crippen molar-refractivity contribution in [2.24, 2.45) is 5.92 Å². The van der Waals surface area contributed by atoms with Crippen molar-refractivity contribution in [2.75, 3.05) is 0 Å². The Morgan fingerprint density at radius 3 is 2.20 bits per heavy atom. The highest BCUT2D eigenvalue weighted by Crippen LogP contribution is 2.02. The molecule has 2 heteroatoms. The van der Waals surface area contributed by atoms with Crippen molar-refractivity contribution in [2.45, 2.75) is 6.92 Å². The number of aldehydes is 1. The van der Waals surface area contributed by atoms with E-state index in [0.29, 0.717) is 11.9 Å². The predicted octanol–water partition coefficient (Wildman–Crippen LogP) is 1.13. The molecule has 0 rings (SSSR count). The number of Topliss-reactive ketones (excluding diaryl/α,β-unsaturated/α-hetero) is 1. The minimum absolute atomic E-state index is 0.259. The number of allylic oxidation sites excluding steroid dienone is 2. The Bertz CT molecular complexity index is 172. The topological polar surface area (TPSA) is 34.1 Å². The van der Waals surface area contributed by atoms with Gasteiger partial charge in [-0.05, 0) is 12.5 Å². The van der Waals surface area contributed by atoms with Gasteiger partial charge in [-0.3, -0.25) is 4.79 Å². The fraction of sp³-hybridized carbons (Fsp3) is 0.250. The lowest BCUT2D eigenvalue weighted by Crippen LogP contribution is -2.13. The summed E-state index contributed by atoms with van der Waals surface area (Å²) in [6, 6.07) is 0. The number of carbonyl (C=O) groups excluding carboxylic acids is 2. The van der Waals surface area contributed by atoms with E-state index < -0.39 is 5.92 Å².